The lowest BCUT2D eigenvalue weighted by Gasteiger charge is -2.08. The van der Waals surface area contributed by atoms with Crippen molar-refractivity contribution in [2.75, 3.05) is 5.32 Å². The van der Waals surface area contributed by atoms with Crippen molar-refractivity contribution in [2.45, 2.75) is 22.8 Å². The highest BCUT2D eigenvalue weighted by Crippen LogP contribution is 2.18. The highest BCUT2D eigenvalue weighted by molar-refractivity contribution is 7.85. The van der Waals surface area contributed by atoms with Gasteiger partial charge in [0.1, 0.15) is 0 Å². The minimum atomic E-state index is -1.21. The van der Waals surface area contributed by atoms with Crippen LogP contribution in [-0.4, -0.2) is 16.2 Å². The third-order valence-corrected chi connectivity index (χ3v) is 4.11. The summed E-state index contributed by atoms with van der Waals surface area (Å²) in [6, 6.07) is 15.6. The second kappa shape index (κ2) is 6.45. The number of nitrogens with one attached hydrogen (secondary N) is 1. The van der Waals surface area contributed by atoms with Crippen molar-refractivity contribution in [3.8, 4) is 0 Å². The first-order valence-electron chi connectivity index (χ1n) is 6.21. The molecular weight excluding hydrogens is 272 g/mol. The van der Waals surface area contributed by atoms with Gasteiger partial charge in [-0.05, 0) is 43.3 Å². The van der Waals surface area contributed by atoms with Crippen molar-refractivity contribution >= 4 is 22.4 Å². The van der Waals surface area contributed by atoms with Crippen LogP contribution in [0.15, 0.2) is 64.4 Å². The van der Waals surface area contributed by atoms with E-state index in [1.807, 2.05) is 30.3 Å². The maximum atomic E-state index is 12.3. The van der Waals surface area contributed by atoms with E-state index in [0.29, 0.717) is 10.6 Å². The van der Waals surface area contributed by atoms with E-state index in [0.717, 1.165) is 4.90 Å². The smallest absolute Gasteiger partial charge is 0.240 e. The van der Waals surface area contributed by atoms with E-state index in [2.05, 4.69) is 5.32 Å². The molecular formula is C15H16N2O2S. The summed E-state index contributed by atoms with van der Waals surface area (Å²) in [6.07, 6.45) is 0. The number of amides is 1. The van der Waals surface area contributed by atoms with Gasteiger partial charge in [-0.1, -0.05) is 18.2 Å². The molecule has 20 heavy (non-hydrogen) atoms. The van der Waals surface area contributed by atoms with Gasteiger partial charge in [-0.15, -0.1) is 0 Å². The Bertz CT molecular complexity index is 610. The summed E-state index contributed by atoms with van der Waals surface area (Å²) in [5.74, 6) is -0.248. The topological polar surface area (TPSA) is 72.2 Å². The van der Waals surface area contributed by atoms with Gasteiger partial charge in [-0.3, -0.25) is 4.79 Å². The molecule has 2 aromatic rings. The van der Waals surface area contributed by atoms with Gasteiger partial charge in [0.05, 0.1) is 16.8 Å². The third kappa shape index (κ3) is 3.53. The standard InChI is InChI=1S/C15H16N2O2S/c1-11(16)15(18)17-12-7-9-14(10-8-12)20(19)13-5-3-2-4-6-13/h2-11H,16H2,1H3,(H,17,18). The Balaban J connectivity index is 2.12. The number of benzene rings is 2. The lowest BCUT2D eigenvalue weighted by atomic mass is 10.3. The van der Waals surface area contributed by atoms with Gasteiger partial charge in [0, 0.05) is 15.5 Å². The predicted octanol–water partition coefficient (Wildman–Crippen LogP) is 2.14. The van der Waals surface area contributed by atoms with Gasteiger partial charge >= 0.3 is 0 Å². The maximum Gasteiger partial charge on any atom is 0.240 e. The Morgan fingerprint density at radius 1 is 1.05 bits per heavy atom. The average Bonchev–Trinajstić information content (AvgIpc) is 2.48. The molecule has 104 valence electrons. The highest BCUT2D eigenvalue weighted by atomic mass is 32.2. The summed E-state index contributed by atoms with van der Waals surface area (Å²) in [6.45, 7) is 1.62. The van der Waals surface area contributed by atoms with Crippen LogP contribution in [0.4, 0.5) is 5.69 Å². The molecule has 5 heteroatoms. The zero-order valence-corrected chi connectivity index (χ0v) is 11.9. The van der Waals surface area contributed by atoms with Gasteiger partial charge in [0.2, 0.25) is 5.91 Å². The second-order valence-electron chi connectivity index (χ2n) is 4.38. The molecule has 3 N–H and O–H groups in total. The first-order valence-corrected chi connectivity index (χ1v) is 7.36. The number of carbonyl (C=O) groups is 1. The Labute approximate surface area is 120 Å². The van der Waals surface area contributed by atoms with Crippen molar-refractivity contribution in [3.05, 3.63) is 54.6 Å². The van der Waals surface area contributed by atoms with Crippen molar-refractivity contribution in [1.29, 1.82) is 0 Å². The van der Waals surface area contributed by atoms with Gasteiger partial charge in [0.15, 0.2) is 0 Å². The fourth-order valence-electron chi connectivity index (χ4n) is 1.60. The molecule has 0 bridgehead atoms. The van der Waals surface area contributed by atoms with Crippen molar-refractivity contribution in [2.24, 2.45) is 5.73 Å². The molecule has 0 fully saturated rings. The molecule has 2 aromatic carbocycles. The Hall–Kier alpha value is -1.98. The fraction of sp³-hybridized carbons (Fsp3) is 0.133. The van der Waals surface area contributed by atoms with Crippen molar-refractivity contribution in [1.82, 2.24) is 0 Å². The van der Waals surface area contributed by atoms with Gasteiger partial charge < -0.3 is 11.1 Å². The SMILES string of the molecule is CC(N)C(=O)Nc1ccc(S(=O)c2ccccc2)cc1. The number of carbonyl (C=O) groups excluding carboxylic acids is 1. The van der Waals surface area contributed by atoms with E-state index in [4.69, 9.17) is 5.73 Å². The minimum absolute atomic E-state index is 0.248. The number of anilines is 1. The molecule has 0 aliphatic carbocycles. The van der Waals surface area contributed by atoms with E-state index >= 15 is 0 Å². The van der Waals surface area contributed by atoms with Gasteiger partial charge in [-0.2, -0.15) is 0 Å². The monoisotopic (exact) mass is 288 g/mol. The molecule has 0 aromatic heterocycles. The van der Waals surface area contributed by atoms with E-state index in [1.54, 1.807) is 31.2 Å². The fourth-order valence-corrected chi connectivity index (χ4v) is 2.66. The van der Waals surface area contributed by atoms with Gasteiger partial charge in [-0.25, -0.2) is 4.21 Å². The van der Waals surface area contributed by atoms with Crippen molar-refractivity contribution < 1.29 is 9.00 Å². The first kappa shape index (κ1) is 14.4. The Kier molecular flexibility index (Phi) is 4.65. The van der Waals surface area contributed by atoms with Crippen LogP contribution in [0.2, 0.25) is 0 Å². The van der Waals surface area contributed by atoms with Crippen molar-refractivity contribution in [3.63, 3.8) is 0 Å². The second-order valence-corrected chi connectivity index (χ2v) is 5.86. The average molecular weight is 288 g/mol. The molecule has 2 atom stereocenters. The summed E-state index contributed by atoms with van der Waals surface area (Å²) in [4.78, 5) is 12.9. The van der Waals surface area contributed by atoms with Crippen LogP contribution in [0.3, 0.4) is 0 Å². The van der Waals surface area contributed by atoms with E-state index in [-0.39, 0.29) is 5.91 Å². The molecule has 1 amide bonds. The van der Waals surface area contributed by atoms with E-state index in [1.165, 1.54) is 0 Å². The van der Waals surface area contributed by atoms with Crippen LogP contribution < -0.4 is 11.1 Å². The molecule has 0 saturated heterocycles. The van der Waals surface area contributed by atoms with Crippen LogP contribution >= 0.6 is 0 Å². The summed E-state index contributed by atoms with van der Waals surface area (Å²) >= 11 is 0. The maximum absolute atomic E-state index is 12.3. The molecule has 0 spiro atoms. The van der Waals surface area contributed by atoms with Crippen LogP contribution in [0, 0.1) is 0 Å². The normalized spacial score (nSPS) is 13.5. The Morgan fingerprint density at radius 2 is 1.60 bits per heavy atom. The highest BCUT2D eigenvalue weighted by Gasteiger charge is 2.09. The lowest BCUT2D eigenvalue weighted by Crippen LogP contribution is -2.32. The van der Waals surface area contributed by atoms with E-state index in [9.17, 15) is 9.00 Å². The molecule has 4 nitrogen and oxygen atoms in total. The quantitative estimate of drug-likeness (QED) is 0.905. The molecule has 0 aliphatic heterocycles. The van der Waals surface area contributed by atoms with Crippen LogP contribution in [0.5, 0.6) is 0 Å². The number of rotatable bonds is 4. The Morgan fingerprint density at radius 3 is 2.15 bits per heavy atom. The zero-order chi connectivity index (χ0) is 14.5. The lowest BCUT2D eigenvalue weighted by molar-refractivity contribution is -0.117. The molecule has 0 saturated carbocycles. The number of hydrogen-bond donors (Lipinski definition) is 2. The third-order valence-electron chi connectivity index (χ3n) is 2.71. The first-order chi connectivity index (χ1) is 9.58. The number of hydrogen-bond acceptors (Lipinski definition) is 3. The minimum Gasteiger partial charge on any atom is -0.325 e. The van der Waals surface area contributed by atoms with E-state index < -0.39 is 16.8 Å². The summed E-state index contributed by atoms with van der Waals surface area (Å²) in [5, 5.41) is 2.68. The van der Waals surface area contributed by atoms with Crippen LogP contribution in [-0.2, 0) is 15.6 Å². The molecule has 2 rings (SSSR count). The van der Waals surface area contributed by atoms with Crippen LogP contribution in [0.1, 0.15) is 6.92 Å². The molecule has 0 radical (unpaired) electrons. The predicted molar refractivity (Wildman–Crippen MR) is 79.8 cm³/mol. The molecule has 0 aliphatic rings. The summed E-state index contributed by atoms with van der Waals surface area (Å²) in [7, 11) is -1.21. The summed E-state index contributed by atoms with van der Waals surface area (Å²) < 4.78 is 12.3. The van der Waals surface area contributed by atoms with Crippen LogP contribution in [0.25, 0.3) is 0 Å². The number of nitrogens with two attached hydrogens (primary N) is 1. The summed E-state index contributed by atoms with van der Waals surface area (Å²) in [5.41, 5.74) is 6.12. The molecule has 0 heterocycles. The van der Waals surface area contributed by atoms with Gasteiger partial charge in [0.25, 0.3) is 0 Å². The molecule has 2 unspecified atom stereocenters. The zero-order valence-electron chi connectivity index (χ0n) is 11.1. The largest absolute Gasteiger partial charge is 0.325 e.